The van der Waals surface area contributed by atoms with Crippen LogP contribution in [-0.2, 0) is 6.54 Å². The van der Waals surface area contributed by atoms with E-state index in [4.69, 9.17) is 5.73 Å². The molecule has 0 amide bonds. The van der Waals surface area contributed by atoms with E-state index < -0.39 is 0 Å². The van der Waals surface area contributed by atoms with Gasteiger partial charge in [0.1, 0.15) is 5.82 Å². The molecule has 0 spiro atoms. The van der Waals surface area contributed by atoms with Crippen molar-refractivity contribution in [2.75, 3.05) is 37.6 Å². The van der Waals surface area contributed by atoms with Crippen molar-refractivity contribution in [3.8, 4) is 0 Å². The number of piperazine rings is 1. The molecule has 1 heterocycles. The molecule has 19 heavy (non-hydrogen) atoms. The summed E-state index contributed by atoms with van der Waals surface area (Å²) in [6, 6.07) is 5.23. The van der Waals surface area contributed by atoms with Crippen LogP contribution in [0.2, 0.25) is 0 Å². The zero-order valence-corrected chi connectivity index (χ0v) is 11.9. The summed E-state index contributed by atoms with van der Waals surface area (Å²) in [5.41, 5.74) is 7.28. The lowest BCUT2D eigenvalue weighted by Crippen LogP contribution is -2.47. The van der Waals surface area contributed by atoms with Crippen molar-refractivity contribution in [2.45, 2.75) is 20.4 Å². The van der Waals surface area contributed by atoms with E-state index in [-0.39, 0.29) is 12.4 Å². The van der Waals surface area contributed by atoms with E-state index in [0.717, 1.165) is 38.4 Å². The first-order valence-electron chi connectivity index (χ1n) is 7.06. The summed E-state index contributed by atoms with van der Waals surface area (Å²) in [6.07, 6.45) is 0. The minimum atomic E-state index is -0.190. The van der Waals surface area contributed by atoms with Gasteiger partial charge >= 0.3 is 0 Å². The molecule has 0 saturated carbocycles. The molecule has 1 saturated heterocycles. The summed E-state index contributed by atoms with van der Waals surface area (Å²) in [5.74, 6) is 0.505. The highest BCUT2D eigenvalue weighted by atomic mass is 19.1. The molecule has 0 atom stereocenters. The third-order valence-electron chi connectivity index (χ3n) is 3.63. The normalized spacial score (nSPS) is 17.2. The summed E-state index contributed by atoms with van der Waals surface area (Å²) in [4.78, 5) is 4.73. The molecule has 4 heteroatoms. The first-order valence-corrected chi connectivity index (χ1v) is 7.06. The van der Waals surface area contributed by atoms with E-state index in [0.29, 0.717) is 11.5 Å². The van der Waals surface area contributed by atoms with Crippen molar-refractivity contribution < 1.29 is 4.39 Å². The van der Waals surface area contributed by atoms with Gasteiger partial charge in [-0.05, 0) is 18.1 Å². The van der Waals surface area contributed by atoms with Crippen molar-refractivity contribution in [1.29, 1.82) is 0 Å². The molecule has 1 fully saturated rings. The second-order valence-corrected chi connectivity index (χ2v) is 5.62. The van der Waals surface area contributed by atoms with E-state index in [9.17, 15) is 4.39 Å². The van der Waals surface area contributed by atoms with Crippen molar-refractivity contribution in [3.05, 3.63) is 29.6 Å². The molecule has 1 aliphatic rings. The Morgan fingerprint density at radius 3 is 2.47 bits per heavy atom. The van der Waals surface area contributed by atoms with Crippen molar-refractivity contribution in [1.82, 2.24) is 4.90 Å². The number of nitrogens with zero attached hydrogens (tertiary/aromatic N) is 2. The van der Waals surface area contributed by atoms with Crippen LogP contribution in [0.3, 0.4) is 0 Å². The Morgan fingerprint density at radius 1 is 1.21 bits per heavy atom. The molecule has 0 bridgehead atoms. The van der Waals surface area contributed by atoms with E-state index in [1.54, 1.807) is 6.07 Å². The molecule has 1 aliphatic heterocycles. The molecule has 0 aromatic heterocycles. The van der Waals surface area contributed by atoms with Crippen LogP contribution < -0.4 is 10.6 Å². The number of hydrogen-bond donors (Lipinski definition) is 1. The average Bonchev–Trinajstić information content (AvgIpc) is 2.38. The summed E-state index contributed by atoms with van der Waals surface area (Å²) < 4.78 is 13.7. The van der Waals surface area contributed by atoms with Gasteiger partial charge in [0, 0.05) is 50.5 Å². The van der Waals surface area contributed by atoms with Gasteiger partial charge < -0.3 is 10.6 Å². The lowest BCUT2D eigenvalue weighted by atomic mass is 10.1. The van der Waals surface area contributed by atoms with Gasteiger partial charge in [0.2, 0.25) is 0 Å². The number of nitrogens with two attached hydrogens (primary N) is 1. The van der Waals surface area contributed by atoms with Gasteiger partial charge in [0.05, 0.1) is 0 Å². The van der Waals surface area contributed by atoms with E-state index in [1.807, 2.05) is 6.07 Å². The quantitative estimate of drug-likeness (QED) is 0.904. The van der Waals surface area contributed by atoms with Gasteiger partial charge in [0.25, 0.3) is 0 Å². The number of anilines is 1. The summed E-state index contributed by atoms with van der Waals surface area (Å²) in [5, 5.41) is 0. The van der Waals surface area contributed by atoms with Gasteiger partial charge in [-0.2, -0.15) is 0 Å². The largest absolute Gasteiger partial charge is 0.369 e. The Balaban J connectivity index is 2.03. The number of hydrogen-bond acceptors (Lipinski definition) is 3. The Morgan fingerprint density at radius 2 is 1.89 bits per heavy atom. The standard InChI is InChI=1S/C15H24FN3/c1-12(2)11-18-6-8-19(9-7-18)15-5-3-4-14(16)13(15)10-17/h3-5,12H,6-11,17H2,1-2H3. The Hall–Kier alpha value is -1.13. The zero-order chi connectivity index (χ0) is 13.8. The van der Waals surface area contributed by atoms with Gasteiger partial charge in [-0.25, -0.2) is 4.39 Å². The second kappa shape index (κ2) is 6.35. The smallest absolute Gasteiger partial charge is 0.129 e. The highest BCUT2D eigenvalue weighted by Crippen LogP contribution is 2.24. The molecule has 0 unspecified atom stereocenters. The first-order chi connectivity index (χ1) is 9.11. The molecule has 106 valence electrons. The topological polar surface area (TPSA) is 32.5 Å². The van der Waals surface area contributed by atoms with Crippen molar-refractivity contribution >= 4 is 5.69 Å². The molecule has 2 N–H and O–H groups in total. The van der Waals surface area contributed by atoms with Gasteiger partial charge in [-0.3, -0.25) is 4.90 Å². The predicted octanol–water partition coefficient (Wildman–Crippen LogP) is 2.06. The fraction of sp³-hybridized carbons (Fsp3) is 0.600. The van der Waals surface area contributed by atoms with Crippen molar-refractivity contribution in [3.63, 3.8) is 0 Å². The highest BCUT2D eigenvalue weighted by molar-refractivity contribution is 5.54. The van der Waals surface area contributed by atoms with Crippen LogP contribution in [0.4, 0.5) is 10.1 Å². The fourth-order valence-corrected chi connectivity index (χ4v) is 2.73. The van der Waals surface area contributed by atoms with Crippen LogP contribution in [0.5, 0.6) is 0 Å². The zero-order valence-electron chi connectivity index (χ0n) is 11.9. The minimum absolute atomic E-state index is 0.190. The summed E-state index contributed by atoms with van der Waals surface area (Å²) in [7, 11) is 0. The van der Waals surface area contributed by atoms with E-state index in [1.165, 1.54) is 6.07 Å². The number of halogens is 1. The molecule has 0 aliphatic carbocycles. The summed E-state index contributed by atoms with van der Waals surface area (Å²) >= 11 is 0. The number of rotatable bonds is 4. The lowest BCUT2D eigenvalue weighted by molar-refractivity contribution is 0.231. The maximum absolute atomic E-state index is 13.7. The van der Waals surface area contributed by atoms with Crippen LogP contribution in [-0.4, -0.2) is 37.6 Å². The Bertz CT molecular complexity index is 412. The maximum atomic E-state index is 13.7. The predicted molar refractivity (Wildman–Crippen MR) is 77.8 cm³/mol. The molecule has 3 nitrogen and oxygen atoms in total. The first kappa shape index (κ1) is 14.3. The van der Waals surface area contributed by atoms with Crippen LogP contribution in [0.1, 0.15) is 19.4 Å². The van der Waals surface area contributed by atoms with Gasteiger partial charge in [-0.15, -0.1) is 0 Å². The molecule has 1 aromatic carbocycles. The Labute approximate surface area is 115 Å². The molecule has 1 aromatic rings. The molecular formula is C15H24FN3. The van der Waals surface area contributed by atoms with Crippen LogP contribution in [0.15, 0.2) is 18.2 Å². The minimum Gasteiger partial charge on any atom is -0.369 e. The molecular weight excluding hydrogens is 241 g/mol. The number of benzene rings is 1. The van der Waals surface area contributed by atoms with Gasteiger partial charge in [-0.1, -0.05) is 19.9 Å². The van der Waals surface area contributed by atoms with Crippen LogP contribution in [0.25, 0.3) is 0 Å². The monoisotopic (exact) mass is 265 g/mol. The third-order valence-corrected chi connectivity index (χ3v) is 3.63. The lowest BCUT2D eigenvalue weighted by Gasteiger charge is -2.37. The van der Waals surface area contributed by atoms with Crippen molar-refractivity contribution in [2.24, 2.45) is 11.7 Å². The maximum Gasteiger partial charge on any atom is 0.129 e. The SMILES string of the molecule is CC(C)CN1CCN(c2cccc(F)c2CN)CC1. The summed E-state index contributed by atoms with van der Waals surface area (Å²) in [6.45, 7) is 9.86. The Kier molecular flexibility index (Phi) is 4.77. The average molecular weight is 265 g/mol. The van der Waals surface area contributed by atoms with Crippen LogP contribution >= 0.6 is 0 Å². The third kappa shape index (κ3) is 3.45. The molecule has 2 rings (SSSR count). The fourth-order valence-electron chi connectivity index (χ4n) is 2.73. The van der Waals surface area contributed by atoms with E-state index in [2.05, 4.69) is 23.6 Å². The van der Waals surface area contributed by atoms with Gasteiger partial charge in [0.15, 0.2) is 0 Å². The van der Waals surface area contributed by atoms with E-state index >= 15 is 0 Å². The van der Waals surface area contributed by atoms with Crippen LogP contribution in [0, 0.1) is 11.7 Å². The highest BCUT2D eigenvalue weighted by Gasteiger charge is 2.20. The second-order valence-electron chi connectivity index (χ2n) is 5.62. The molecule has 0 radical (unpaired) electrons.